The minimum absolute atomic E-state index is 0.00486. The first-order chi connectivity index (χ1) is 28.0. The van der Waals surface area contributed by atoms with Gasteiger partial charge in [0.05, 0.1) is 18.2 Å². The topological polar surface area (TPSA) is 193 Å². The Morgan fingerprint density at radius 3 is 2.41 bits per heavy atom. The van der Waals surface area contributed by atoms with Crippen LogP contribution in [0.2, 0.25) is 0 Å². The maximum Gasteiger partial charge on any atom is 0.348 e. The van der Waals surface area contributed by atoms with Gasteiger partial charge in [0.25, 0.3) is 0 Å². The number of likely N-dealkylation sites (tertiary alicyclic amines) is 1. The van der Waals surface area contributed by atoms with E-state index in [2.05, 4.69) is 5.32 Å². The van der Waals surface area contributed by atoms with E-state index in [1.165, 1.54) is 17.1 Å². The number of rotatable bonds is 14. The van der Waals surface area contributed by atoms with Crippen molar-refractivity contribution in [3.05, 3.63) is 53.1 Å². The molecule has 0 bridgehead atoms. The van der Waals surface area contributed by atoms with E-state index in [-0.39, 0.29) is 55.8 Å². The maximum atomic E-state index is 14.4. The molecule has 0 aromatic heterocycles. The van der Waals surface area contributed by atoms with Gasteiger partial charge >= 0.3 is 23.9 Å². The first-order valence-corrected chi connectivity index (χ1v) is 20.8. The summed E-state index contributed by atoms with van der Waals surface area (Å²) in [5.74, 6) is -3.61. The number of hydrogen-bond donors (Lipinski definition) is 2. The van der Waals surface area contributed by atoms with Crippen molar-refractivity contribution in [1.29, 1.82) is 0 Å². The van der Waals surface area contributed by atoms with Crippen LogP contribution in [0, 0.1) is 17.3 Å². The van der Waals surface area contributed by atoms with Gasteiger partial charge in [0.1, 0.15) is 36.6 Å². The van der Waals surface area contributed by atoms with E-state index < -0.39 is 83.1 Å². The Morgan fingerprint density at radius 1 is 1.03 bits per heavy atom. The molecule has 3 heterocycles. The van der Waals surface area contributed by atoms with Crippen molar-refractivity contribution in [2.24, 2.45) is 17.3 Å². The van der Waals surface area contributed by atoms with Crippen molar-refractivity contribution >= 4 is 41.8 Å². The van der Waals surface area contributed by atoms with E-state index in [0.29, 0.717) is 30.5 Å². The fourth-order valence-corrected chi connectivity index (χ4v) is 8.45. The number of hydrogen-bond acceptors (Lipinski definition) is 13. The fraction of sp³-hybridized carbons (Fsp3) is 0.636. The van der Waals surface area contributed by atoms with Gasteiger partial charge in [0, 0.05) is 48.3 Å². The normalized spacial score (nSPS) is 27.7. The Bertz CT molecular complexity index is 1880. The maximum absolute atomic E-state index is 14.4. The lowest BCUT2D eigenvalue weighted by molar-refractivity contribution is -0.209. The van der Waals surface area contributed by atoms with Crippen LogP contribution in [-0.2, 0) is 52.4 Å². The van der Waals surface area contributed by atoms with Gasteiger partial charge in [0.2, 0.25) is 17.9 Å². The molecule has 2 amide bonds. The largest absolute Gasteiger partial charge is 0.462 e. The summed E-state index contributed by atoms with van der Waals surface area (Å²) in [6.07, 6.45) is 6.25. The third-order valence-corrected chi connectivity index (χ3v) is 11.7. The fourth-order valence-electron chi connectivity index (χ4n) is 8.45. The predicted molar refractivity (Wildman–Crippen MR) is 209 cm³/mol. The molecule has 2 saturated carbocycles. The van der Waals surface area contributed by atoms with Gasteiger partial charge in [-0.05, 0) is 95.6 Å². The smallest absolute Gasteiger partial charge is 0.348 e. The van der Waals surface area contributed by atoms with Crippen LogP contribution in [0.25, 0.3) is 6.08 Å². The van der Waals surface area contributed by atoms with Crippen LogP contribution >= 0.6 is 0 Å². The Balaban J connectivity index is 1.04. The van der Waals surface area contributed by atoms with Crippen molar-refractivity contribution in [3.8, 4) is 0 Å². The molecule has 2 N–H and O–H groups in total. The van der Waals surface area contributed by atoms with Crippen LogP contribution < -0.4 is 5.32 Å². The van der Waals surface area contributed by atoms with Crippen LogP contribution in [0.5, 0.6) is 0 Å². The highest BCUT2D eigenvalue weighted by molar-refractivity contribution is 5.98. The van der Waals surface area contributed by atoms with Crippen LogP contribution in [0.4, 0.5) is 0 Å². The molecular weight excluding hydrogens is 764 g/mol. The lowest BCUT2D eigenvalue weighted by atomic mass is 9.90. The second-order valence-electron chi connectivity index (χ2n) is 18.3. The van der Waals surface area contributed by atoms with Gasteiger partial charge in [-0.1, -0.05) is 26.0 Å². The number of nitrogens with zero attached hydrogens (tertiary/aromatic N) is 1. The molecule has 15 heteroatoms. The number of esters is 4. The van der Waals surface area contributed by atoms with Crippen molar-refractivity contribution in [1.82, 2.24) is 10.2 Å². The van der Waals surface area contributed by atoms with Crippen LogP contribution in [0.1, 0.15) is 108 Å². The molecule has 7 rings (SSSR count). The van der Waals surface area contributed by atoms with Gasteiger partial charge in [-0.2, -0.15) is 0 Å². The third kappa shape index (κ3) is 9.73. The minimum atomic E-state index is -1.03. The quantitative estimate of drug-likeness (QED) is 0.156. The molecule has 59 heavy (non-hydrogen) atoms. The van der Waals surface area contributed by atoms with Gasteiger partial charge in [-0.25, -0.2) is 14.4 Å². The highest BCUT2D eigenvalue weighted by Crippen LogP contribution is 2.59. The molecule has 15 nitrogen and oxygen atoms in total. The van der Waals surface area contributed by atoms with Gasteiger partial charge in [-0.3, -0.25) is 14.4 Å². The van der Waals surface area contributed by atoms with Crippen LogP contribution in [0.3, 0.4) is 0 Å². The standard InChI is InChI=1S/C44H56N2O13/c1-42(2,3)58-35(49)18-16-30(23-47)45-38(50)31-10-7-19-46(31)39(51)27-21-32(36-33(22-27)57-44(59-36,28-12-13-28)29-14-15-29)55-40(52)26-9-6-8-25(20-26)11-17-34(48)56-37-41(53)54-24-43(37,4)5/h6,8-9,11,17,20,22,28-33,36-37,47H,7,10,12-16,18-19,21,23-24H2,1-5H3,(H,45,50). The van der Waals surface area contributed by atoms with Crippen molar-refractivity contribution in [2.45, 2.75) is 140 Å². The Hall–Kier alpha value is -4.60. The van der Waals surface area contributed by atoms with Crippen molar-refractivity contribution < 1.29 is 62.3 Å². The summed E-state index contributed by atoms with van der Waals surface area (Å²) in [6, 6.07) is 4.98. The molecule has 6 unspecified atom stereocenters. The molecule has 1 aromatic carbocycles. The number of carbonyl (C=O) groups excluding carboxylic acids is 6. The number of aliphatic hydroxyl groups is 1. The molecule has 0 radical (unpaired) electrons. The van der Waals surface area contributed by atoms with E-state index in [1.54, 1.807) is 65.0 Å². The molecule has 320 valence electrons. The average Bonchev–Trinajstić information content (AvgIpc) is 4.12. The summed E-state index contributed by atoms with van der Waals surface area (Å²) in [7, 11) is 0. The zero-order valence-corrected chi connectivity index (χ0v) is 34.4. The number of fused-ring (bicyclic) bond motifs is 1. The second-order valence-corrected chi connectivity index (χ2v) is 18.3. The number of benzene rings is 1. The average molecular weight is 821 g/mol. The minimum Gasteiger partial charge on any atom is -0.462 e. The number of amides is 2. The number of cyclic esters (lactones) is 1. The molecule has 3 aliphatic carbocycles. The van der Waals surface area contributed by atoms with E-state index >= 15 is 0 Å². The van der Waals surface area contributed by atoms with Gasteiger partial charge in [0.15, 0.2) is 5.79 Å². The zero-order valence-electron chi connectivity index (χ0n) is 34.4. The Kier molecular flexibility index (Phi) is 12.1. The highest BCUT2D eigenvalue weighted by Gasteiger charge is 2.64. The molecule has 5 fully saturated rings. The van der Waals surface area contributed by atoms with Crippen molar-refractivity contribution in [3.63, 3.8) is 0 Å². The molecular formula is C44H56N2O13. The summed E-state index contributed by atoms with van der Waals surface area (Å²) in [6.45, 7) is 8.92. The lowest BCUT2D eigenvalue weighted by Crippen LogP contribution is -2.51. The van der Waals surface area contributed by atoms with Gasteiger partial charge < -0.3 is 43.7 Å². The molecule has 0 spiro atoms. The van der Waals surface area contributed by atoms with Crippen LogP contribution in [0.15, 0.2) is 42.0 Å². The summed E-state index contributed by atoms with van der Waals surface area (Å²) in [5.41, 5.74) is -0.255. The SMILES string of the molecule is CC(C)(C)OC(=O)CCC(CO)NC(=O)C1CCCN1C(=O)C1=CC2OC(C3CC3)(C3CC3)OC2C(OC(=O)c2cccc(C=CC(=O)OC3C(=O)OCC3(C)C)c2)C1. The highest BCUT2D eigenvalue weighted by atomic mass is 16.8. The van der Waals surface area contributed by atoms with Crippen LogP contribution in [-0.4, -0.2) is 113 Å². The number of nitrogens with one attached hydrogen (secondary N) is 1. The zero-order chi connectivity index (χ0) is 42.3. The molecule has 3 saturated heterocycles. The van der Waals surface area contributed by atoms with E-state index in [1.807, 2.05) is 0 Å². The molecule has 6 atom stereocenters. The summed E-state index contributed by atoms with van der Waals surface area (Å²) < 4.78 is 35.5. The predicted octanol–water partition coefficient (Wildman–Crippen LogP) is 3.94. The van der Waals surface area contributed by atoms with E-state index in [9.17, 15) is 33.9 Å². The Labute approximate surface area is 344 Å². The summed E-state index contributed by atoms with van der Waals surface area (Å²) in [4.78, 5) is 80.3. The Morgan fingerprint density at radius 2 is 1.76 bits per heavy atom. The number of aliphatic hydroxyl groups excluding tert-OH is 1. The molecule has 3 aliphatic heterocycles. The van der Waals surface area contributed by atoms with Gasteiger partial charge in [-0.15, -0.1) is 0 Å². The number of carbonyl (C=O) groups is 6. The van der Waals surface area contributed by atoms with E-state index in [0.717, 1.165) is 25.7 Å². The molecule has 6 aliphatic rings. The lowest BCUT2D eigenvalue weighted by Gasteiger charge is -2.33. The summed E-state index contributed by atoms with van der Waals surface area (Å²) >= 11 is 0. The molecule has 1 aromatic rings. The number of ether oxygens (including phenoxy) is 6. The van der Waals surface area contributed by atoms with Crippen molar-refractivity contribution in [2.75, 3.05) is 19.8 Å². The monoisotopic (exact) mass is 820 g/mol. The van der Waals surface area contributed by atoms with E-state index in [4.69, 9.17) is 28.4 Å². The summed E-state index contributed by atoms with van der Waals surface area (Å²) in [5, 5.41) is 12.8. The first-order valence-electron chi connectivity index (χ1n) is 20.8. The first kappa shape index (κ1) is 42.5. The third-order valence-electron chi connectivity index (χ3n) is 11.7. The second kappa shape index (κ2) is 16.8.